The van der Waals surface area contributed by atoms with Gasteiger partial charge in [0.05, 0.1) is 24.3 Å². The molecule has 1 aliphatic rings. The van der Waals surface area contributed by atoms with Crippen molar-refractivity contribution in [1.29, 1.82) is 0 Å². The number of benzene rings is 4. The molecule has 0 bridgehead atoms. The molecule has 1 N–H and O–H groups in total. The zero-order valence-corrected chi connectivity index (χ0v) is 27.5. The predicted octanol–water partition coefficient (Wildman–Crippen LogP) is 10.9. The van der Waals surface area contributed by atoms with E-state index in [4.69, 9.17) is 27.9 Å². The smallest absolute Gasteiger partial charge is 0.338 e. The Kier molecular flexibility index (Phi) is 10.0. The van der Waals surface area contributed by atoms with E-state index in [9.17, 15) is 4.79 Å². The van der Waals surface area contributed by atoms with E-state index < -0.39 is 6.04 Å². The van der Waals surface area contributed by atoms with Crippen LogP contribution >= 0.6 is 23.2 Å². The van der Waals surface area contributed by atoms with E-state index in [1.165, 1.54) is 11.1 Å². The summed E-state index contributed by atoms with van der Waals surface area (Å²) in [5.41, 5.74) is 7.90. The van der Waals surface area contributed by atoms with Crippen molar-refractivity contribution in [3.8, 4) is 0 Å². The molecule has 1 heterocycles. The summed E-state index contributed by atoms with van der Waals surface area (Å²) in [5, 5.41) is 4.97. The first-order valence-corrected chi connectivity index (χ1v) is 16.1. The average molecular weight is 628 g/mol. The monoisotopic (exact) mass is 626 g/mol. The van der Waals surface area contributed by atoms with E-state index in [2.05, 4.69) is 98.6 Å². The van der Waals surface area contributed by atoms with Gasteiger partial charge in [-0.15, -0.1) is 0 Å². The second-order valence-corrected chi connectivity index (χ2v) is 12.8. The van der Waals surface area contributed by atoms with E-state index in [1.54, 1.807) is 0 Å². The largest absolute Gasteiger partial charge is 0.463 e. The Balaban J connectivity index is 1.75. The predicted molar refractivity (Wildman–Crippen MR) is 184 cm³/mol. The Morgan fingerprint density at radius 1 is 0.773 bits per heavy atom. The molecule has 0 radical (unpaired) electrons. The summed E-state index contributed by atoms with van der Waals surface area (Å²) >= 11 is 12.7. The van der Waals surface area contributed by atoms with Gasteiger partial charge in [-0.1, -0.05) is 99.4 Å². The van der Waals surface area contributed by atoms with Crippen LogP contribution in [0.2, 0.25) is 10.0 Å². The summed E-state index contributed by atoms with van der Waals surface area (Å²) in [6, 6.07) is 32.3. The Hall–Kier alpha value is -3.73. The number of rotatable bonds is 9. The van der Waals surface area contributed by atoms with Crippen molar-refractivity contribution >= 4 is 40.5 Å². The molecule has 4 aromatic carbocycles. The first kappa shape index (κ1) is 31.7. The lowest BCUT2D eigenvalue weighted by molar-refractivity contribution is -0.139. The number of nitrogens with zero attached hydrogens (tertiary/aromatic N) is 1. The topological polar surface area (TPSA) is 41.6 Å². The van der Waals surface area contributed by atoms with Crippen LogP contribution in [0.3, 0.4) is 0 Å². The van der Waals surface area contributed by atoms with Crippen molar-refractivity contribution < 1.29 is 9.53 Å². The number of nitrogens with one attached hydrogen (secondary N) is 1. The van der Waals surface area contributed by atoms with Gasteiger partial charge in [0.25, 0.3) is 0 Å². The number of hydrogen-bond donors (Lipinski definition) is 1. The molecule has 0 aliphatic carbocycles. The fourth-order valence-electron chi connectivity index (χ4n) is 5.87. The van der Waals surface area contributed by atoms with Crippen molar-refractivity contribution in [3.05, 3.63) is 141 Å². The van der Waals surface area contributed by atoms with E-state index in [0.29, 0.717) is 33.9 Å². The van der Waals surface area contributed by atoms with Crippen LogP contribution in [0.1, 0.15) is 87.2 Å². The first-order chi connectivity index (χ1) is 21.2. The molecule has 2 atom stereocenters. The van der Waals surface area contributed by atoms with Gasteiger partial charge < -0.3 is 15.0 Å². The van der Waals surface area contributed by atoms with Gasteiger partial charge in [0, 0.05) is 33.5 Å². The van der Waals surface area contributed by atoms with Crippen LogP contribution in [-0.4, -0.2) is 12.6 Å². The van der Waals surface area contributed by atoms with Crippen LogP contribution in [0.5, 0.6) is 0 Å². The summed E-state index contributed by atoms with van der Waals surface area (Å²) in [7, 11) is 0. The van der Waals surface area contributed by atoms with Crippen molar-refractivity contribution in [2.24, 2.45) is 0 Å². The van der Waals surface area contributed by atoms with Crippen LogP contribution in [0.25, 0.3) is 0 Å². The first-order valence-electron chi connectivity index (χ1n) is 15.3. The number of anilines is 2. The molecule has 2 unspecified atom stereocenters. The molecule has 44 heavy (non-hydrogen) atoms. The number of carbonyl (C=O) groups is 1. The molecule has 6 heteroatoms. The van der Waals surface area contributed by atoms with Crippen LogP contribution < -0.4 is 10.2 Å². The van der Waals surface area contributed by atoms with Gasteiger partial charge in [0.15, 0.2) is 0 Å². The van der Waals surface area contributed by atoms with Crippen LogP contribution in [-0.2, 0) is 9.53 Å². The fraction of sp³-hybridized carbons (Fsp3) is 0.289. The molecule has 0 aromatic heterocycles. The lowest BCUT2D eigenvalue weighted by Crippen LogP contribution is -2.41. The Labute approximate surface area is 271 Å². The highest BCUT2D eigenvalue weighted by molar-refractivity contribution is 6.30. The quantitative estimate of drug-likeness (QED) is 0.188. The van der Waals surface area contributed by atoms with E-state index in [1.807, 2.05) is 43.3 Å². The average Bonchev–Trinajstić information content (AvgIpc) is 3.01. The lowest BCUT2D eigenvalue weighted by atomic mass is 9.84. The molecule has 228 valence electrons. The molecule has 0 fully saturated rings. The molecular weight excluding hydrogens is 587 g/mol. The second-order valence-electron chi connectivity index (χ2n) is 11.9. The molecule has 4 nitrogen and oxygen atoms in total. The molecule has 5 rings (SSSR count). The number of halogens is 2. The van der Waals surface area contributed by atoms with Crippen molar-refractivity contribution in [2.75, 3.05) is 16.8 Å². The third kappa shape index (κ3) is 6.98. The van der Waals surface area contributed by atoms with Crippen molar-refractivity contribution in [1.82, 2.24) is 0 Å². The molecule has 4 aromatic rings. The third-order valence-corrected chi connectivity index (χ3v) is 8.78. The summed E-state index contributed by atoms with van der Waals surface area (Å²) in [5.74, 6) is 0.483. The Morgan fingerprint density at radius 3 is 1.77 bits per heavy atom. The lowest BCUT2D eigenvalue weighted by Gasteiger charge is -2.46. The molecule has 0 amide bonds. The Morgan fingerprint density at radius 2 is 1.27 bits per heavy atom. The number of ether oxygens (including phenoxy) is 1. The van der Waals surface area contributed by atoms with Crippen LogP contribution in [0, 0.1) is 0 Å². The highest BCUT2D eigenvalue weighted by atomic mass is 35.5. The van der Waals surface area contributed by atoms with E-state index >= 15 is 0 Å². The Bertz CT molecular complexity index is 1590. The number of carbonyl (C=O) groups excluding carboxylic acids is 1. The molecule has 0 saturated carbocycles. The number of hydrogen-bond acceptors (Lipinski definition) is 4. The maximum Gasteiger partial charge on any atom is 0.338 e. The van der Waals surface area contributed by atoms with Gasteiger partial charge in [-0.25, -0.2) is 4.79 Å². The number of esters is 1. The normalized spacial score (nSPS) is 16.9. The van der Waals surface area contributed by atoms with Gasteiger partial charge in [-0.3, -0.25) is 0 Å². The third-order valence-electron chi connectivity index (χ3n) is 8.28. The van der Waals surface area contributed by atoms with Gasteiger partial charge in [0.2, 0.25) is 0 Å². The minimum Gasteiger partial charge on any atom is -0.463 e. The maximum atomic E-state index is 14.0. The van der Waals surface area contributed by atoms with E-state index in [0.717, 1.165) is 28.2 Å². The van der Waals surface area contributed by atoms with Gasteiger partial charge in [-0.05, 0) is 89.5 Å². The highest BCUT2D eigenvalue weighted by Crippen LogP contribution is 2.48. The maximum absolute atomic E-state index is 14.0. The highest BCUT2D eigenvalue weighted by Gasteiger charge is 2.42. The zero-order chi connectivity index (χ0) is 31.4. The second kappa shape index (κ2) is 13.9. The molecule has 0 saturated heterocycles. The van der Waals surface area contributed by atoms with Gasteiger partial charge in [-0.2, -0.15) is 0 Å². The van der Waals surface area contributed by atoms with Crippen LogP contribution in [0.4, 0.5) is 11.4 Å². The molecule has 0 spiro atoms. The minimum atomic E-state index is -0.455. The summed E-state index contributed by atoms with van der Waals surface area (Å²) in [4.78, 5) is 16.4. The molecule has 1 aliphatic heterocycles. The standard InChI is InChI=1S/C38H40Cl2N2O2/c1-6-44-38(43)36-34(41-32-19-11-26(12-20-32)24(2)3)23-35(28-7-15-30(39)16-8-28)42(33-21-13-27(14-22-33)25(4)5)37(36)29-9-17-31(40)18-10-29/h7-22,24-25,35,37,41H,6,23H2,1-5H3. The summed E-state index contributed by atoms with van der Waals surface area (Å²) in [6.07, 6.45) is 0.553. The van der Waals surface area contributed by atoms with Gasteiger partial charge in [0.1, 0.15) is 0 Å². The minimum absolute atomic E-state index is 0.117. The van der Waals surface area contributed by atoms with Crippen molar-refractivity contribution in [3.63, 3.8) is 0 Å². The van der Waals surface area contributed by atoms with E-state index in [-0.39, 0.29) is 18.6 Å². The molecular formula is C38H40Cl2N2O2. The fourth-order valence-corrected chi connectivity index (χ4v) is 6.12. The summed E-state index contributed by atoms with van der Waals surface area (Å²) < 4.78 is 5.76. The van der Waals surface area contributed by atoms with Gasteiger partial charge >= 0.3 is 5.97 Å². The zero-order valence-electron chi connectivity index (χ0n) is 26.0. The van der Waals surface area contributed by atoms with Crippen molar-refractivity contribution in [2.45, 2.75) is 65.0 Å². The SMILES string of the molecule is CCOC(=O)C1=C(Nc2ccc(C(C)C)cc2)CC(c2ccc(Cl)cc2)N(c2ccc(C(C)C)cc2)C1c1ccc(Cl)cc1. The van der Waals surface area contributed by atoms with Crippen LogP contribution in [0.15, 0.2) is 108 Å². The summed E-state index contributed by atoms with van der Waals surface area (Å²) in [6.45, 7) is 10.9.